The summed E-state index contributed by atoms with van der Waals surface area (Å²) in [6.07, 6.45) is 5.30. The molecule has 0 bridgehead atoms. The first-order valence-electron chi connectivity index (χ1n) is 8.55. The van der Waals surface area contributed by atoms with E-state index in [4.69, 9.17) is 0 Å². The van der Waals surface area contributed by atoms with Crippen LogP contribution in [-0.4, -0.2) is 43.9 Å². The molecule has 1 aliphatic rings. The molecule has 5 nitrogen and oxygen atoms in total. The van der Waals surface area contributed by atoms with E-state index in [1.54, 1.807) is 0 Å². The molecule has 1 saturated heterocycles. The van der Waals surface area contributed by atoms with Crippen molar-refractivity contribution >= 4 is 11.4 Å². The molecule has 2 heterocycles. The zero-order chi connectivity index (χ0) is 17.2. The van der Waals surface area contributed by atoms with Crippen LogP contribution in [0.1, 0.15) is 52.8 Å². The van der Waals surface area contributed by atoms with Gasteiger partial charge in [-0.25, -0.2) is 4.98 Å². The number of imidazole rings is 1. The maximum atomic E-state index is 12.4. The minimum absolute atomic E-state index is 0.0163. The van der Waals surface area contributed by atoms with Gasteiger partial charge in [-0.3, -0.25) is 0 Å². The minimum Gasteiger partial charge on any atom is -0.598 e. The van der Waals surface area contributed by atoms with E-state index in [2.05, 4.69) is 46.3 Å². The van der Waals surface area contributed by atoms with Gasteiger partial charge >= 0.3 is 0 Å². The first-order chi connectivity index (χ1) is 10.7. The van der Waals surface area contributed by atoms with Gasteiger partial charge in [0.15, 0.2) is 0 Å². The predicted octanol–water partition coefficient (Wildman–Crippen LogP) is 2.58. The molecule has 2 rings (SSSR count). The summed E-state index contributed by atoms with van der Waals surface area (Å²) in [4.78, 5) is 6.97. The molecule has 0 amide bonds. The Hall–Kier alpha value is -0.560. The number of hydrogen-bond donors (Lipinski definition) is 1. The molecule has 0 aliphatic carbocycles. The molecule has 3 atom stereocenters. The highest BCUT2D eigenvalue weighted by Gasteiger charge is 2.32. The van der Waals surface area contributed by atoms with Gasteiger partial charge in [-0.15, -0.1) is 4.72 Å². The van der Waals surface area contributed by atoms with Gasteiger partial charge in [0.2, 0.25) is 0 Å². The average Bonchev–Trinajstić information content (AvgIpc) is 3.04. The van der Waals surface area contributed by atoms with Crippen LogP contribution >= 0.6 is 0 Å². The van der Waals surface area contributed by atoms with Crippen LogP contribution in [0.5, 0.6) is 0 Å². The van der Waals surface area contributed by atoms with Crippen molar-refractivity contribution in [2.75, 3.05) is 20.1 Å². The van der Waals surface area contributed by atoms with E-state index in [-0.39, 0.29) is 10.8 Å². The summed E-state index contributed by atoms with van der Waals surface area (Å²) in [5, 5.41) is 0. The highest BCUT2D eigenvalue weighted by atomic mass is 32.2. The molecule has 0 saturated carbocycles. The van der Waals surface area contributed by atoms with Gasteiger partial charge < -0.3 is 14.0 Å². The number of aromatic nitrogens is 2. The van der Waals surface area contributed by atoms with Crippen molar-refractivity contribution < 1.29 is 4.55 Å². The maximum Gasteiger partial charge on any atom is 0.136 e. The van der Waals surface area contributed by atoms with Gasteiger partial charge in [0.25, 0.3) is 0 Å². The normalized spacial score (nSPS) is 22.7. The van der Waals surface area contributed by atoms with E-state index in [9.17, 15) is 4.55 Å². The fourth-order valence-electron chi connectivity index (χ4n) is 2.94. The van der Waals surface area contributed by atoms with Crippen LogP contribution in [0.2, 0.25) is 0 Å². The van der Waals surface area contributed by atoms with Gasteiger partial charge in [0.05, 0.1) is 18.1 Å². The summed E-state index contributed by atoms with van der Waals surface area (Å²) in [7, 11) is 2.18. The lowest BCUT2D eigenvalue weighted by Crippen LogP contribution is -2.42. The Morgan fingerprint density at radius 3 is 2.65 bits per heavy atom. The lowest BCUT2D eigenvalue weighted by molar-refractivity contribution is 0.377. The van der Waals surface area contributed by atoms with Crippen LogP contribution in [0.3, 0.4) is 0 Å². The third-order valence-corrected chi connectivity index (χ3v) is 5.97. The summed E-state index contributed by atoms with van der Waals surface area (Å²) >= 11 is -1.09. The van der Waals surface area contributed by atoms with Crippen molar-refractivity contribution in [3.05, 3.63) is 18.2 Å². The lowest BCUT2D eigenvalue weighted by Gasteiger charge is -2.28. The highest BCUT2D eigenvalue weighted by Crippen LogP contribution is 2.25. The molecular weight excluding hydrogens is 308 g/mol. The number of nitrogens with one attached hydrogen (secondary N) is 1. The zero-order valence-corrected chi connectivity index (χ0v) is 16.2. The monoisotopic (exact) mass is 340 g/mol. The van der Waals surface area contributed by atoms with Crippen molar-refractivity contribution in [1.82, 2.24) is 19.2 Å². The second kappa shape index (κ2) is 7.55. The molecule has 1 aromatic heterocycles. The number of rotatable bonds is 6. The molecule has 1 aliphatic heterocycles. The van der Waals surface area contributed by atoms with Crippen LogP contribution in [0, 0.1) is 11.8 Å². The van der Waals surface area contributed by atoms with Gasteiger partial charge in [0, 0.05) is 30.6 Å². The van der Waals surface area contributed by atoms with Crippen LogP contribution in [0.4, 0.5) is 0 Å². The summed E-state index contributed by atoms with van der Waals surface area (Å²) in [6.45, 7) is 13.6. The fraction of sp³-hybridized carbons (Fsp3) is 0.824. The van der Waals surface area contributed by atoms with E-state index in [1.165, 1.54) is 13.0 Å². The van der Waals surface area contributed by atoms with Crippen molar-refractivity contribution in [3.63, 3.8) is 0 Å². The maximum absolute atomic E-state index is 12.4. The smallest absolute Gasteiger partial charge is 0.136 e. The van der Waals surface area contributed by atoms with Crippen molar-refractivity contribution in [3.8, 4) is 0 Å². The first kappa shape index (κ1) is 18.8. The standard InChI is InChI=1S/C17H32N4OS/c1-13(2)16(19-23(22)17(3,4)5)15-11-21(12-18-15)10-14-7-8-20(6)9-14/h11-14,16,19H,7-10H2,1-6H3/t14-,16+,23+/m0/s1. The van der Waals surface area contributed by atoms with E-state index < -0.39 is 11.4 Å². The Kier molecular flexibility index (Phi) is 6.16. The summed E-state index contributed by atoms with van der Waals surface area (Å²) < 4.78 is 17.6. The van der Waals surface area contributed by atoms with Crippen LogP contribution in [0.25, 0.3) is 0 Å². The molecule has 23 heavy (non-hydrogen) atoms. The lowest BCUT2D eigenvalue weighted by atomic mass is 10.0. The topological polar surface area (TPSA) is 56.1 Å². The number of hydrogen-bond acceptors (Lipinski definition) is 4. The third kappa shape index (κ3) is 5.21. The first-order valence-corrected chi connectivity index (χ1v) is 9.70. The van der Waals surface area contributed by atoms with E-state index in [1.807, 2.05) is 27.1 Å². The predicted molar refractivity (Wildman–Crippen MR) is 96.4 cm³/mol. The summed E-state index contributed by atoms with van der Waals surface area (Å²) in [5.74, 6) is 1.04. The Labute approximate surface area is 144 Å². The molecule has 0 radical (unpaired) electrons. The SMILES string of the molecule is CC(C)[C@@H](N[S@+]([O-])C(C)(C)C)c1cn(C[C@H]2CCN(C)C2)cn1. The average molecular weight is 341 g/mol. The Morgan fingerprint density at radius 2 is 2.13 bits per heavy atom. The number of nitrogens with zero attached hydrogens (tertiary/aromatic N) is 3. The second-order valence-corrected chi connectivity index (χ2v) is 10.1. The Morgan fingerprint density at radius 1 is 1.43 bits per heavy atom. The van der Waals surface area contributed by atoms with Crippen molar-refractivity contribution in [2.24, 2.45) is 11.8 Å². The molecule has 0 spiro atoms. The summed E-state index contributed by atoms with van der Waals surface area (Å²) in [5.41, 5.74) is 0.990. The van der Waals surface area contributed by atoms with Gasteiger partial charge in [0.1, 0.15) is 4.75 Å². The Balaban J connectivity index is 2.03. The van der Waals surface area contributed by atoms with Crippen LogP contribution in [0.15, 0.2) is 12.5 Å². The van der Waals surface area contributed by atoms with Gasteiger partial charge in [-0.2, -0.15) is 0 Å². The molecule has 6 heteroatoms. The van der Waals surface area contributed by atoms with Crippen LogP contribution < -0.4 is 4.72 Å². The quantitative estimate of drug-likeness (QED) is 0.809. The molecule has 0 unspecified atom stereocenters. The van der Waals surface area contributed by atoms with Crippen molar-refractivity contribution in [2.45, 2.75) is 58.4 Å². The van der Waals surface area contributed by atoms with Gasteiger partial charge in [-0.1, -0.05) is 13.8 Å². The zero-order valence-electron chi connectivity index (χ0n) is 15.4. The molecule has 0 aromatic carbocycles. The molecular formula is C17H32N4OS. The number of likely N-dealkylation sites (tertiary alicyclic amines) is 1. The largest absolute Gasteiger partial charge is 0.598 e. The minimum atomic E-state index is -1.09. The highest BCUT2D eigenvalue weighted by molar-refractivity contribution is 7.90. The van der Waals surface area contributed by atoms with Crippen LogP contribution in [-0.2, 0) is 17.9 Å². The summed E-state index contributed by atoms with van der Waals surface area (Å²) in [6, 6.07) is 0.0163. The van der Waals surface area contributed by atoms with E-state index in [0.29, 0.717) is 11.8 Å². The molecule has 132 valence electrons. The molecule has 1 N–H and O–H groups in total. The van der Waals surface area contributed by atoms with E-state index >= 15 is 0 Å². The van der Waals surface area contributed by atoms with Crippen molar-refractivity contribution in [1.29, 1.82) is 0 Å². The third-order valence-electron chi connectivity index (χ3n) is 4.39. The second-order valence-electron chi connectivity index (χ2n) is 8.13. The Bertz CT molecular complexity index is 497. The van der Waals surface area contributed by atoms with Gasteiger partial charge in [-0.05, 0) is 52.6 Å². The van der Waals surface area contributed by atoms with E-state index in [0.717, 1.165) is 18.8 Å². The fourth-order valence-corrected chi connectivity index (χ4v) is 3.92. The molecule has 1 fully saturated rings. The molecule has 1 aromatic rings.